The van der Waals surface area contributed by atoms with Crippen LogP contribution in [0.4, 0.5) is 0 Å². The normalized spacial score (nSPS) is 12.3. The lowest BCUT2D eigenvalue weighted by molar-refractivity contribution is 0.0899. The highest BCUT2D eigenvalue weighted by Crippen LogP contribution is 2.30. The Morgan fingerprint density at radius 1 is 1.42 bits per heavy atom. The second-order valence-corrected chi connectivity index (χ2v) is 12.6. The van der Waals surface area contributed by atoms with Gasteiger partial charge in [0.2, 0.25) is 0 Å². The lowest BCUT2D eigenvalue weighted by Gasteiger charge is -2.15. The van der Waals surface area contributed by atoms with Crippen LogP contribution in [0.15, 0.2) is 22.9 Å². The third kappa shape index (κ3) is 3.81. The van der Waals surface area contributed by atoms with E-state index in [2.05, 4.69) is 40.6 Å². The Hall–Kier alpha value is -0.363. The molecule has 0 aromatic carbocycles. The molecule has 0 spiro atoms. The Kier molecular flexibility index (Phi) is 4.71. The molecule has 0 N–H and O–H groups in total. The van der Waals surface area contributed by atoms with E-state index in [1.54, 1.807) is 6.20 Å². The summed E-state index contributed by atoms with van der Waals surface area (Å²) in [5.41, 5.74) is 0.893. The molecule has 2 rings (SSSR count). The van der Waals surface area contributed by atoms with Gasteiger partial charge in [-0.05, 0) is 28.0 Å². The molecule has 2 aromatic heterocycles. The molecule has 104 valence electrons. The maximum atomic E-state index is 6.03. The van der Waals surface area contributed by atoms with Crippen LogP contribution in [0.25, 0.3) is 11.0 Å². The van der Waals surface area contributed by atoms with Crippen molar-refractivity contribution in [2.24, 2.45) is 0 Å². The number of nitrogens with zero attached hydrogens (tertiary/aromatic N) is 2. The smallest absolute Gasteiger partial charge is 0.142 e. The van der Waals surface area contributed by atoms with Crippen molar-refractivity contribution in [3.8, 4) is 0 Å². The van der Waals surface area contributed by atoms with E-state index in [-0.39, 0.29) is 0 Å². The summed E-state index contributed by atoms with van der Waals surface area (Å²) in [4.78, 5) is 4.36. The van der Waals surface area contributed by atoms with E-state index in [0.29, 0.717) is 11.8 Å². The van der Waals surface area contributed by atoms with E-state index in [0.717, 1.165) is 22.1 Å². The van der Waals surface area contributed by atoms with Gasteiger partial charge < -0.3 is 9.30 Å². The molecule has 0 atom stereocenters. The number of pyridine rings is 1. The lowest BCUT2D eigenvalue weighted by Crippen LogP contribution is -2.22. The van der Waals surface area contributed by atoms with Crippen LogP contribution in [-0.2, 0) is 11.5 Å². The maximum Gasteiger partial charge on any atom is 0.142 e. The van der Waals surface area contributed by atoms with E-state index >= 15 is 0 Å². The molecule has 19 heavy (non-hydrogen) atoms. The number of halogens is 2. The van der Waals surface area contributed by atoms with Crippen LogP contribution in [0.5, 0.6) is 0 Å². The van der Waals surface area contributed by atoms with Crippen LogP contribution in [0.1, 0.15) is 0 Å². The molecule has 0 bridgehead atoms. The van der Waals surface area contributed by atoms with Crippen molar-refractivity contribution in [2.45, 2.75) is 32.4 Å². The second-order valence-electron chi connectivity index (χ2n) is 5.79. The van der Waals surface area contributed by atoms with Gasteiger partial charge in [-0.1, -0.05) is 31.2 Å². The maximum absolute atomic E-state index is 6.03. The van der Waals surface area contributed by atoms with Crippen molar-refractivity contribution in [3.05, 3.63) is 28.0 Å². The number of aromatic nitrogens is 2. The molecule has 0 radical (unpaired) electrons. The van der Waals surface area contributed by atoms with Gasteiger partial charge in [0.1, 0.15) is 12.4 Å². The average molecular weight is 362 g/mol. The Balaban J connectivity index is 2.04. The van der Waals surface area contributed by atoms with E-state index in [4.69, 9.17) is 16.3 Å². The number of ether oxygens (including phenoxy) is 1. The van der Waals surface area contributed by atoms with Crippen molar-refractivity contribution in [1.29, 1.82) is 0 Å². The first kappa shape index (κ1) is 15.0. The molecular formula is C13H18BrClN2OSi. The van der Waals surface area contributed by atoms with Gasteiger partial charge in [0.15, 0.2) is 0 Å². The molecule has 2 aromatic rings. The molecule has 0 saturated heterocycles. The quantitative estimate of drug-likeness (QED) is 0.567. The first-order chi connectivity index (χ1) is 8.88. The topological polar surface area (TPSA) is 27.1 Å². The van der Waals surface area contributed by atoms with Gasteiger partial charge in [-0.25, -0.2) is 4.98 Å². The van der Waals surface area contributed by atoms with Crippen LogP contribution >= 0.6 is 27.5 Å². The molecule has 0 aliphatic heterocycles. The molecule has 6 heteroatoms. The fourth-order valence-electron chi connectivity index (χ4n) is 1.73. The van der Waals surface area contributed by atoms with Crippen molar-refractivity contribution in [3.63, 3.8) is 0 Å². The Morgan fingerprint density at radius 2 is 2.16 bits per heavy atom. The van der Waals surface area contributed by atoms with Crippen LogP contribution in [0, 0.1) is 0 Å². The zero-order valence-corrected chi connectivity index (χ0v) is 14.8. The standard InChI is InChI=1S/C13H18BrClN2OSi/c1-19(2,3)7-6-18-9-17-5-4-10-12(14)11(15)8-16-13(10)17/h4-5,8H,6-7,9H2,1-3H3. The Morgan fingerprint density at radius 3 is 2.84 bits per heavy atom. The molecule has 2 heterocycles. The third-order valence-corrected chi connectivity index (χ3v) is 5.98. The fourth-order valence-corrected chi connectivity index (χ4v) is 3.05. The average Bonchev–Trinajstić information content (AvgIpc) is 2.72. The predicted octanol–water partition coefficient (Wildman–Crippen LogP) is 4.76. The summed E-state index contributed by atoms with van der Waals surface area (Å²) in [6.45, 7) is 8.39. The van der Waals surface area contributed by atoms with Crippen molar-refractivity contribution in [2.75, 3.05) is 6.61 Å². The highest BCUT2D eigenvalue weighted by atomic mass is 79.9. The molecule has 0 aliphatic carbocycles. The van der Waals surface area contributed by atoms with Gasteiger partial charge in [0.25, 0.3) is 0 Å². The molecule has 3 nitrogen and oxygen atoms in total. The summed E-state index contributed by atoms with van der Waals surface area (Å²) < 4.78 is 8.63. The van der Waals surface area contributed by atoms with Gasteiger partial charge in [0, 0.05) is 36.9 Å². The first-order valence-electron chi connectivity index (χ1n) is 6.25. The first-order valence-corrected chi connectivity index (χ1v) is 11.1. The summed E-state index contributed by atoms with van der Waals surface area (Å²) in [5.74, 6) is 0. The summed E-state index contributed by atoms with van der Waals surface area (Å²) in [6.07, 6.45) is 3.64. The lowest BCUT2D eigenvalue weighted by atomic mass is 10.3. The van der Waals surface area contributed by atoms with Crippen LogP contribution in [0.2, 0.25) is 30.7 Å². The summed E-state index contributed by atoms with van der Waals surface area (Å²) >= 11 is 9.51. The highest BCUT2D eigenvalue weighted by Gasteiger charge is 2.13. The van der Waals surface area contributed by atoms with Gasteiger partial charge in [-0.3, -0.25) is 0 Å². The van der Waals surface area contributed by atoms with Crippen molar-refractivity contribution < 1.29 is 4.74 Å². The zero-order chi connectivity index (χ0) is 14.0. The minimum atomic E-state index is -1.02. The van der Waals surface area contributed by atoms with Gasteiger partial charge in [-0.2, -0.15) is 0 Å². The second kappa shape index (κ2) is 5.95. The molecule has 0 fully saturated rings. The van der Waals surface area contributed by atoms with E-state index < -0.39 is 8.07 Å². The van der Waals surface area contributed by atoms with E-state index in [1.807, 2.05) is 16.8 Å². The molecule has 0 amide bonds. The minimum absolute atomic E-state index is 0.537. The molecule has 0 aliphatic rings. The number of rotatable bonds is 5. The zero-order valence-electron chi connectivity index (χ0n) is 11.4. The van der Waals surface area contributed by atoms with Crippen LogP contribution < -0.4 is 0 Å². The number of hydrogen-bond acceptors (Lipinski definition) is 2. The Labute approximate surface area is 128 Å². The highest BCUT2D eigenvalue weighted by molar-refractivity contribution is 9.10. The van der Waals surface area contributed by atoms with Gasteiger partial charge in [-0.15, -0.1) is 0 Å². The SMILES string of the molecule is C[Si](C)(C)CCOCn1ccc2c(Br)c(Cl)cnc21. The molecule has 0 saturated carbocycles. The number of fused-ring (bicyclic) bond motifs is 1. The van der Waals surface area contributed by atoms with E-state index in [9.17, 15) is 0 Å². The minimum Gasteiger partial charge on any atom is -0.361 e. The fraction of sp³-hybridized carbons (Fsp3) is 0.462. The third-order valence-electron chi connectivity index (χ3n) is 2.91. The summed E-state index contributed by atoms with van der Waals surface area (Å²) in [5, 5.41) is 1.64. The van der Waals surface area contributed by atoms with Gasteiger partial charge in [0.05, 0.1) is 5.02 Å². The van der Waals surface area contributed by atoms with Crippen LogP contribution in [0.3, 0.4) is 0 Å². The van der Waals surface area contributed by atoms with Crippen molar-refractivity contribution in [1.82, 2.24) is 9.55 Å². The van der Waals surface area contributed by atoms with E-state index in [1.165, 1.54) is 6.04 Å². The van der Waals surface area contributed by atoms with Gasteiger partial charge >= 0.3 is 0 Å². The van der Waals surface area contributed by atoms with Crippen LogP contribution in [-0.4, -0.2) is 24.2 Å². The monoisotopic (exact) mass is 360 g/mol. The van der Waals surface area contributed by atoms with Crippen molar-refractivity contribution >= 4 is 46.6 Å². The molecular weight excluding hydrogens is 344 g/mol. The predicted molar refractivity (Wildman–Crippen MR) is 86.5 cm³/mol. The number of hydrogen-bond donors (Lipinski definition) is 0. The largest absolute Gasteiger partial charge is 0.361 e. The molecule has 0 unspecified atom stereocenters. The summed E-state index contributed by atoms with van der Waals surface area (Å²) in [7, 11) is -1.02. The summed E-state index contributed by atoms with van der Waals surface area (Å²) in [6, 6.07) is 3.18. The Bertz CT molecular complexity index is 580.